The predicted octanol–water partition coefficient (Wildman–Crippen LogP) is 2.89. The van der Waals surface area contributed by atoms with Gasteiger partial charge in [-0.05, 0) is 61.0 Å². The third-order valence-corrected chi connectivity index (χ3v) is 4.65. The van der Waals surface area contributed by atoms with E-state index >= 15 is 0 Å². The first kappa shape index (κ1) is 13.1. The molecule has 1 aromatic rings. The quantitative estimate of drug-likeness (QED) is 0.856. The highest BCUT2D eigenvalue weighted by molar-refractivity contribution is 5.43. The molecule has 2 aliphatic rings. The summed E-state index contributed by atoms with van der Waals surface area (Å²) in [5, 5.41) is 7.07. The number of hydrogen-bond acceptors (Lipinski definition) is 2. The molecule has 0 saturated carbocycles. The maximum absolute atomic E-state index is 13.7. The average Bonchev–Trinajstić information content (AvgIpc) is 2.64. The molecular formula is C16H23FN2. The number of hydrogen-bond donors (Lipinski definition) is 2. The molecule has 0 amide bonds. The van der Waals surface area contributed by atoms with E-state index < -0.39 is 0 Å². The Bertz CT molecular complexity index is 464. The summed E-state index contributed by atoms with van der Waals surface area (Å²) in [6, 6.07) is 6.21. The van der Waals surface area contributed by atoms with Crippen molar-refractivity contribution >= 4 is 0 Å². The van der Waals surface area contributed by atoms with Gasteiger partial charge < -0.3 is 10.6 Å². The van der Waals surface area contributed by atoms with Crippen LogP contribution in [0.3, 0.4) is 0 Å². The molecule has 1 saturated heterocycles. The Morgan fingerprint density at radius 3 is 2.74 bits per heavy atom. The van der Waals surface area contributed by atoms with Gasteiger partial charge in [-0.25, -0.2) is 4.39 Å². The maximum Gasteiger partial charge on any atom is 0.123 e. The molecule has 104 valence electrons. The fourth-order valence-corrected chi connectivity index (χ4v) is 3.83. The maximum atomic E-state index is 13.7. The van der Waals surface area contributed by atoms with Crippen molar-refractivity contribution in [2.45, 2.75) is 50.6 Å². The van der Waals surface area contributed by atoms with Crippen LogP contribution in [-0.2, 0) is 5.41 Å². The summed E-state index contributed by atoms with van der Waals surface area (Å²) in [5.41, 5.74) is 2.76. The second-order valence-electron chi connectivity index (χ2n) is 6.34. The van der Waals surface area contributed by atoms with Crippen molar-refractivity contribution in [2.24, 2.45) is 0 Å². The third kappa shape index (κ3) is 2.30. The van der Waals surface area contributed by atoms with Crippen molar-refractivity contribution in [2.75, 3.05) is 13.1 Å². The highest BCUT2D eigenvalue weighted by Gasteiger charge is 2.44. The molecule has 0 radical (unpaired) electrons. The Hall–Kier alpha value is -0.930. The lowest BCUT2D eigenvalue weighted by atomic mass is 9.74. The normalized spacial score (nSPS) is 24.9. The molecule has 1 aliphatic carbocycles. The number of piperidine rings is 1. The van der Waals surface area contributed by atoms with Gasteiger partial charge in [0.2, 0.25) is 0 Å². The molecule has 0 bridgehead atoms. The zero-order chi connectivity index (χ0) is 13.5. The van der Waals surface area contributed by atoms with Gasteiger partial charge in [0.15, 0.2) is 0 Å². The molecule has 3 heteroatoms. The van der Waals surface area contributed by atoms with Crippen LogP contribution in [0.25, 0.3) is 0 Å². The third-order valence-electron chi connectivity index (χ3n) is 4.65. The molecular weight excluding hydrogens is 239 g/mol. The van der Waals surface area contributed by atoms with E-state index in [-0.39, 0.29) is 11.2 Å². The van der Waals surface area contributed by atoms with Crippen LogP contribution < -0.4 is 10.6 Å². The second kappa shape index (κ2) is 4.88. The Kier molecular flexibility index (Phi) is 3.35. The van der Waals surface area contributed by atoms with Crippen LogP contribution in [0, 0.1) is 5.82 Å². The van der Waals surface area contributed by atoms with E-state index in [1.165, 1.54) is 11.1 Å². The van der Waals surface area contributed by atoms with Gasteiger partial charge in [-0.15, -0.1) is 0 Å². The van der Waals surface area contributed by atoms with Gasteiger partial charge >= 0.3 is 0 Å². The summed E-state index contributed by atoms with van der Waals surface area (Å²) in [6.07, 6.45) is 3.37. The summed E-state index contributed by atoms with van der Waals surface area (Å²) in [5.74, 6) is -0.0955. The smallest absolute Gasteiger partial charge is 0.123 e. The number of fused-ring (bicyclic) bond motifs is 2. The Labute approximate surface area is 114 Å². The first-order valence-corrected chi connectivity index (χ1v) is 7.37. The zero-order valence-electron chi connectivity index (χ0n) is 11.8. The Balaban J connectivity index is 1.99. The van der Waals surface area contributed by atoms with Gasteiger partial charge in [0, 0.05) is 12.1 Å². The number of benzene rings is 1. The monoisotopic (exact) mass is 262 g/mol. The largest absolute Gasteiger partial charge is 0.317 e. The van der Waals surface area contributed by atoms with Gasteiger partial charge in [-0.3, -0.25) is 0 Å². The summed E-state index contributed by atoms with van der Waals surface area (Å²) in [4.78, 5) is 0. The molecule has 1 aliphatic heterocycles. The Morgan fingerprint density at radius 2 is 2.05 bits per heavy atom. The van der Waals surface area contributed by atoms with Crippen LogP contribution in [0.5, 0.6) is 0 Å². The molecule has 1 aromatic carbocycles. The minimum Gasteiger partial charge on any atom is -0.317 e. The molecule has 2 nitrogen and oxygen atoms in total. The lowest BCUT2D eigenvalue weighted by Gasteiger charge is -2.35. The highest BCUT2D eigenvalue weighted by atomic mass is 19.1. The molecule has 1 fully saturated rings. The fraction of sp³-hybridized carbons (Fsp3) is 0.625. The minimum absolute atomic E-state index is 0.0955. The van der Waals surface area contributed by atoms with E-state index in [2.05, 4.69) is 24.5 Å². The van der Waals surface area contributed by atoms with Crippen LogP contribution in [0.2, 0.25) is 0 Å². The molecule has 19 heavy (non-hydrogen) atoms. The molecule has 1 unspecified atom stereocenters. The van der Waals surface area contributed by atoms with Crippen molar-refractivity contribution in [3.63, 3.8) is 0 Å². The molecule has 2 N–H and O–H groups in total. The summed E-state index contributed by atoms with van der Waals surface area (Å²) < 4.78 is 13.7. The lowest BCUT2D eigenvalue weighted by Crippen LogP contribution is -2.39. The van der Waals surface area contributed by atoms with E-state index in [4.69, 9.17) is 0 Å². The molecule has 0 aromatic heterocycles. The van der Waals surface area contributed by atoms with Crippen molar-refractivity contribution in [1.82, 2.24) is 10.6 Å². The molecule has 1 spiro atoms. The van der Waals surface area contributed by atoms with Crippen LogP contribution in [0.1, 0.15) is 50.3 Å². The fourth-order valence-electron chi connectivity index (χ4n) is 3.83. The zero-order valence-corrected chi connectivity index (χ0v) is 11.8. The van der Waals surface area contributed by atoms with Crippen molar-refractivity contribution < 1.29 is 4.39 Å². The highest BCUT2D eigenvalue weighted by Crippen LogP contribution is 2.50. The molecule has 1 atom stereocenters. The van der Waals surface area contributed by atoms with Crippen molar-refractivity contribution in [1.29, 1.82) is 0 Å². The van der Waals surface area contributed by atoms with Crippen LogP contribution >= 0.6 is 0 Å². The van der Waals surface area contributed by atoms with Crippen LogP contribution in [0.15, 0.2) is 18.2 Å². The van der Waals surface area contributed by atoms with E-state index in [1.807, 2.05) is 6.07 Å². The molecule has 1 heterocycles. The van der Waals surface area contributed by atoms with Crippen molar-refractivity contribution in [3.8, 4) is 0 Å². The second-order valence-corrected chi connectivity index (χ2v) is 6.34. The van der Waals surface area contributed by atoms with Crippen LogP contribution in [0.4, 0.5) is 4.39 Å². The summed E-state index contributed by atoms with van der Waals surface area (Å²) >= 11 is 0. The SMILES string of the molecule is CC(C)NC1CC2(CCNCC2)c2cc(F)ccc21. The number of nitrogens with one attached hydrogen (secondary N) is 2. The first-order chi connectivity index (χ1) is 9.11. The number of halogens is 1. The van der Waals surface area contributed by atoms with E-state index in [0.717, 1.165) is 32.4 Å². The number of rotatable bonds is 2. The van der Waals surface area contributed by atoms with Gasteiger partial charge in [-0.1, -0.05) is 19.9 Å². The Morgan fingerprint density at radius 1 is 1.32 bits per heavy atom. The predicted molar refractivity (Wildman–Crippen MR) is 75.8 cm³/mol. The lowest BCUT2D eigenvalue weighted by molar-refractivity contribution is 0.278. The van der Waals surface area contributed by atoms with Gasteiger partial charge in [0.05, 0.1) is 0 Å². The minimum atomic E-state index is -0.0955. The topological polar surface area (TPSA) is 24.1 Å². The van der Waals surface area contributed by atoms with Crippen LogP contribution in [-0.4, -0.2) is 19.1 Å². The van der Waals surface area contributed by atoms with Gasteiger partial charge in [-0.2, -0.15) is 0 Å². The first-order valence-electron chi connectivity index (χ1n) is 7.37. The standard InChI is InChI=1S/C16H23FN2/c1-11(2)19-15-10-16(5-7-18-8-6-16)14-9-12(17)3-4-13(14)15/h3-4,9,11,15,18-19H,5-8,10H2,1-2H3. The van der Waals surface area contributed by atoms with Crippen molar-refractivity contribution in [3.05, 3.63) is 35.1 Å². The van der Waals surface area contributed by atoms with E-state index in [1.54, 1.807) is 12.1 Å². The molecule has 3 rings (SSSR count). The van der Waals surface area contributed by atoms with E-state index in [0.29, 0.717) is 12.1 Å². The summed E-state index contributed by atoms with van der Waals surface area (Å²) in [6.45, 7) is 6.45. The average molecular weight is 262 g/mol. The van der Waals surface area contributed by atoms with E-state index in [9.17, 15) is 4.39 Å². The van der Waals surface area contributed by atoms with Gasteiger partial charge in [0.1, 0.15) is 5.82 Å². The summed E-state index contributed by atoms with van der Waals surface area (Å²) in [7, 11) is 0. The van der Waals surface area contributed by atoms with Gasteiger partial charge in [0.25, 0.3) is 0 Å².